The number of thioether (sulfide) groups is 1. The molecule has 0 aliphatic heterocycles. The molecule has 140 valence electrons. The molecule has 0 radical (unpaired) electrons. The second kappa shape index (κ2) is 7.64. The van der Waals surface area contributed by atoms with Gasteiger partial charge in [0.25, 0.3) is 0 Å². The summed E-state index contributed by atoms with van der Waals surface area (Å²) in [6.45, 7) is 9.99. The number of pyridine rings is 1. The van der Waals surface area contributed by atoms with Crippen LogP contribution in [0.15, 0.2) is 47.9 Å². The van der Waals surface area contributed by atoms with Gasteiger partial charge in [0, 0.05) is 23.4 Å². The van der Waals surface area contributed by atoms with Crippen molar-refractivity contribution in [1.29, 1.82) is 0 Å². The van der Waals surface area contributed by atoms with Crippen LogP contribution in [0.4, 0.5) is 0 Å². The van der Waals surface area contributed by atoms with Gasteiger partial charge >= 0.3 is 0 Å². The standard InChI is InChI=1S/C21H24N4OS/c1-14-6-7-17(12-15(14)2)25-19(16-8-10-22-11-9-16)23-24-20(25)27-13-18(26)21(3,4)5/h6-12H,13H2,1-5H3. The lowest BCUT2D eigenvalue weighted by molar-refractivity contribution is -0.123. The van der Waals surface area contributed by atoms with E-state index in [9.17, 15) is 4.79 Å². The van der Waals surface area contributed by atoms with Gasteiger partial charge in [-0.25, -0.2) is 0 Å². The van der Waals surface area contributed by atoms with E-state index >= 15 is 0 Å². The van der Waals surface area contributed by atoms with E-state index in [2.05, 4.69) is 47.2 Å². The maximum Gasteiger partial charge on any atom is 0.196 e. The number of Topliss-reactive ketones (excluding diaryl/α,β-unsaturated/α-hetero) is 1. The zero-order valence-corrected chi connectivity index (χ0v) is 17.2. The number of aryl methyl sites for hydroxylation is 2. The summed E-state index contributed by atoms with van der Waals surface area (Å²) in [7, 11) is 0. The molecule has 27 heavy (non-hydrogen) atoms. The third-order valence-corrected chi connectivity index (χ3v) is 5.42. The SMILES string of the molecule is Cc1ccc(-n2c(SCC(=O)C(C)(C)C)nnc2-c2ccncc2)cc1C. The van der Waals surface area contributed by atoms with Crippen LogP contribution < -0.4 is 0 Å². The van der Waals surface area contributed by atoms with Gasteiger partial charge in [-0.2, -0.15) is 0 Å². The normalized spacial score (nSPS) is 11.6. The highest BCUT2D eigenvalue weighted by Crippen LogP contribution is 2.30. The molecule has 0 amide bonds. The molecule has 0 saturated heterocycles. The van der Waals surface area contributed by atoms with Gasteiger partial charge in [0.2, 0.25) is 0 Å². The molecule has 6 heteroatoms. The molecule has 0 spiro atoms. The van der Waals surface area contributed by atoms with Crippen molar-refractivity contribution in [2.24, 2.45) is 5.41 Å². The number of hydrogen-bond donors (Lipinski definition) is 0. The molecule has 3 aromatic rings. The maximum atomic E-state index is 12.4. The molecule has 3 rings (SSSR count). The number of rotatable bonds is 5. The molecule has 0 saturated carbocycles. The van der Waals surface area contributed by atoms with Crippen LogP contribution in [0.1, 0.15) is 31.9 Å². The fourth-order valence-electron chi connectivity index (χ4n) is 2.50. The number of carbonyl (C=O) groups excluding carboxylic acids is 1. The van der Waals surface area contributed by atoms with E-state index in [1.54, 1.807) is 12.4 Å². The van der Waals surface area contributed by atoms with Gasteiger partial charge < -0.3 is 0 Å². The van der Waals surface area contributed by atoms with E-state index in [1.807, 2.05) is 37.5 Å². The lowest BCUT2D eigenvalue weighted by Gasteiger charge is -2.16. The smallest absolute Gasteiger partial charge is 0.196 e. The van der Waals surface area contributed by atoms with Crippen LogP contribution in [-0.4, -0.2) is 31.3 Å². The summed E-state index contributed by atoms with van der Waals surface area (Å²) >= 11 is 1.43. The topological polar surface area (TPSA) is 60.7 Å². The van der Waals surface area contributed by atoms with E-state index in [0.717, 1.165) is 17.1 Å². The first-order valence-corrected chi connectivity index (χ1v) is 9.85. The molecule has 0 N–H and O–H groups in total. The zero-order chi connectivity index (χ0) is 19.6. The fraction of sp³-hybridized carbons (Fsp3) is 0.333. The van der Waals surface area contributed by atoms with E-state index < -0.39 is 0 Å². The minimum absolute atomic E-state index is 0.188. The highest BCUT2D eigenvalue weighted by Gasteiger charge is 2.23. The van der Waals surface area contributed by atoms with Gasteiger partial charge in [-0.05, 0) is 49.2 Å². The summed E-state index contributed by atoms with van der Waals surface area (Å²) in [6.07, 6.45) is 3.48. The number of ketones is 1. The van der Waals surface area contributed by atoms with Crippen LogP contribution in [0.3, 0.4) is 0 Å². The van der Waals surface area contributed by atoms with Crippen molar-refractivity contribution in [3.8, 4) is 17.1 Å². The predicted octanol–water partition coefficient (Wildman–Crippen LogP) is 4.65. The molecule has 0 aliphatic rings. The van der Waals surface area contributed by atoms with Crippen LogP contribution in [0.2, 0.25) is 0 Å². The van der Waals surface area contributed by atoms with E-state index in [4.69, 9.17) is 0 Å². The first kappa shape index (κ1) is 19.3. The Morgan fingerprint density at radius 2 is 1.74 bits per heavy atom. The Labute approximate surface area is 164 Å². The lowest BCUT2D eigenvalue weighted by Crippen LogP contribution is -2.22. The van der Waals surface area contributed by atoms with Crippen LogP contribution in [0.25, 0.3) is 17.1 Å². The maximum absolute atomic E-state index is 12.4. The van der Waals surface area contributed by atoms with Gasteiger partial charge in [-0.1, -0.05) is 38.6 Å². The van der Waals surface area contributed by atoms with E-state index in [-0.39, 0.29) is 11.2 Å². The predicted molar refractivity (Wildman–Crippen MR) is 109 cm³/mol. The van der Waals surface area contributed by atoms with Gasteiger partial charge in [0.05, 0.1) is 11.4 Å². The molecule has 0 bridgehead atoms. The van der Waals surface area contributed by atoms with E-state index in [1.165, 1.54) is 22.9 Å². The summed E-state index contributed by atoms with van der Waals surface area (Å²) in [5.41, 5.74) is 3.98. The zero-order valence-electron chi connectivity index (χ0n) is 16.4. The number of carbonyl (C=O) groups is 1. The van der Waals surface area contributed by atoms with Crippen LogP contribution in [0, 0.1) is 19.3 Å². The average Bonchev–Trinajstić information content (AvgIpc) is 3.06. The molecule has 0 unspecified atom stereocenters. The molecule has 5 nitrogen and oxygen atoms in total. The van der Waals surface area contributed by atoms with Gasteiger partial charge in [0.1, 0.15) is 5.78 Å². The molecule has 0 aliphatic carbocycles. The lowest BCUT2D eigenvalue weighted by atomic mass is 9.92. The highest BCUT2D eigenvalue weighted by atomic mass is 32.2. The summed E-state index contributed by atoms with van der Waals surface area (Å²) in [5.74, 6) is 1.29. The second-order valence-corrected chi connectivity index (χ2v) is 8.55. The highest BCUT2D eigenvalue weighted by molar-refractivity contribution is 7.99. The summed E-state index contributed by atoms with van der Waals surface area (Å²) < 4.78 is 2.02. The largest absolute Gasteiger partial charge is 0.298 e. The molecular formula is C21H24N4OS. The van der Waals surface area contributed by atoms with Crippen molar-refractivity contribution >= 4 is 17.5 Å². The molecular weight excluding hydrogens is 356 g/mol. The Hall–Kier alpha value is -2.47. The van der Waals surface area contributed by atoms with Crippen LogP contribution >= 0.6 is 11.8 Å². The van der Waals surface area contributed by atoms with Crippen molar-refractivity contribution in [2.75, 3.05) is 5.75 Å². The monoisotopic (exact) mass is 380 g/mol. The number of aromatic nitrogens is 4. The molecule has 1 aromatic carbocycles. The first-order chi connectivity index (χ1) is 12.8. The second-order valence-electron chi connectivity index (χ2n) is 7.61. The Balaban J connectivity index is 2.05. The minimum Gasteiger partial charge on any atom is -0.298 e. The van der Waals surface area contributed by atoms with Gasteiger partial charge in [-0.15, -0.1) is 10.2 Å². The fourth-order valence-corrected chi connectivity index (χ4v) is 3.61. The van der Waals surface area contributed by atoms with Crippen molar-refractivity contribution in [2.45, 2.75) is 39.8 Å². The Morgan fingerprint density at radius 3 is 2.37 bits per heavy atom. The van der Waals surface area contributed by atoms with Crippen molar-refractivity contribution < 1.29 is 4.79 Å². The van der Waals surface area contributed by atoms with Gasteiger partial charge in [-0.3, -0.25) is 14.3 Å². The quantitative estimate of drug-likeness (QED) is 0.603. The summed E-state index contributed by atoms with van der Waals surface area (Å²) in [4.78, 5) is 16.5. The minimum atomic E-state index is -0.369. The van der Waals surface area contributed by atoms with Gasteiger partial charge in [0.15, 0.2) is 11.0 Å². The number of nitrogens with zero attached hydrogens (tertiary/aromatic N) is 4. The average molecular weight is 381 g/mol. The Kier molecular flexibility index (Phi) is 5.46. The molecule has 2 aromatic heterocycles. The number of benzene rings is 1. The van der Waals surface area contributed by atoms with Crippen LogP contribution in [0.5, 0.6) is 0 Å². The van der Waals surface area contributed by atoms with Crippen molar-refractivity contribution in [3.05, 3.63) is 53.9 Å². The van der Waals surface area contributed by atoms with E-state index in [0.29, 0.717) is 10.9 Å². The van der Waals surface area contributed by atoms with Crippen LogP contribution in [-0.2, 0) is 4.79 Å². The Bertz CT molecular complexity index is 958. The Morgan fingerprint density at radius 1 is 1.04 bits per heavy atom. The molecule has 2 heterocycles. The van der Waals surface area contributed by atoms with Crippen molar-refractivity contribution in [3.63, 3.8) is 0 Å². The van der Waals surface area contributed by atoms with Crippen molar-refractivity contribution in [1.82, 2.24) is 19.7 Å². The molecule has 0 atom stereocenters. The summed E-state index contributed by atoms with van der Waals surface area (Å²) in [6, 6.07) is 10.1. The third kappa shape index (κ3) is 4.27. The third-order valence-electron chi connectivity index (χ3n) is 4.49. The molecule has 0 fully saturated rings. The number of hydrogen-bond acceptors (Lipinski definition) is 5. The first-order valence-electron chi connectivity index (χ1n) is 8.87. The summed E-state index contributed by atoms with van der Waals surface area (Å²) in [5, 5.41) is 9.50.